The molecule has 0 aliphatic carbocycles. The van der Waals surface area contributed by atoms with E-state index in [1.54, 1.807) is 48.5 Å². The van der Waals surface area contributed by atoms with Crippen molar-refractivity contribution < 1.29 is 29.1 Å². The first-order valence-electron chi connectivity index (χ1n) is 9.21. The molecular formula is C22H18N2O6S. The van der Waals surface area contributed by atoms with Crippen LogP contribution in [0.25, 0.3) is 0 Å². The van der Waals surface area contributed by atoms with Gasteiger partial charge in [0.1, 0.15) is 0 Å². The third-order valence-electron chi connectivity index (χ3n) is 4.39. The van der Waals surface area contributed by atoms with E-state index < -0.39 is 17.1 Å². The first-order valence-corrected chi connectivity index (χ1v) is 10.1. The summed E-state index contributed by atoms with van der Waals surface area (Å²) in [7, 11) is 0. The average molecular weight is 438 g/mol. The van der Waals surface area contributed by atoms with Crippen molar-refractivity contribution in [1.82, 2.24) is 0 Å². The average Bonchev–Trinajstić information content (AvgIpc) is 2.99. The van der Waals surface area contributed by atoms with Crippen molar-refractivity contribution in [1.29, 1.82) is 0 Å². The number of aliphatic carboxylic acids is 1. The number of carbonyl (C=O) groups excluding carboxylic acids is 4. The van der Waals surface area contributed by atoms with E-state index >= 15 is 0 Å². The number of nitrogens with one attached hydrogen (secondary N) is 1. The third kappa shape index (κ3) is 5.46. The third-order valence-corrected chi connectivity index (χ3v) is 5.57. The molecule has 1 heterocycles. The molecule has 2 N–H and O–H groups in total. The molecule has 31 heavy (non-hydrogen) atoms. The van der Waals surface area contributed by atoms with Gasteiger partial charge in [-0.3, -0.25) is 19.2 Å². The van der Waals surface area contributed by atoms with Crippen LogP contribution in [0.15, 0.2) is 65.6 Å². The first-order chi connectivity index (χ1) is 14.7. The zero-order valence-corrected chi connectivity index (χ0v) is 17.2. The number of Topliss-reactive ketones (excluding diaryl/α,β-unsaturated/α-hetero) is 1. The summed E-state index contributed by atoms with van der Waals surface area (Å²) in [6, 6.07) is 13.0. The van der Waals surface area contributed by atoms with Gasteiger partial charge in [0.05, 0.1) is 10.9 Å². The van der Waals surface area contributed by atoms with Crippen molar-refractivity contribution in [3.63, 3.8) is 0 Å². The monoisotopic (exact) mass is 438 g/mol. The predicted molar refractivity (Wildman–Crippen MR) is 115 cm³/mol. The second kappa shape index (κ2) is 9.40. The molecule has 0 unspecified atom stereocenters. The largest absolute Gasteiger partial charge is 0.478 e. The van der Waals surface area contributed by atoms with Gasteiger partial charge in [0, 0.05) is 34.7 Å². The van der Waals surface area contributed by atoms with Gasteiger partial charge in [0.2, 0.25) is 17.7 Å². The fraction of sp³-hybridized carbons (Fsp3) is 0.136. The van der Waals surface area contributed by atoms with Crippen LogP contribution < -0.4 is 10.2 Å². The Kier molecular flexibility index (Phi) is 6.66. The standard InChI is InChI=1S/C22H18N2O6S/c1-13(25)14-5-7-16(8-6-14)24-20(27)12-18(22(24)30)31-17-4-2-3-15(11-17)23-19(26)9-10-21(28)29/h2-11,18H,12H2,1H3,(H,23,26)(H,28,29)/b10-9+/t18-/m1/s1. The van der Waals surface area contributed by atoms with Gasteiger partial charge in [-0.25, -0.2) is 9.69 Å². The Morgan fingerprint density at radius 2 is 1.81 bits per heavy atom. The molecule has 0 aromatic heterocycles. The minimum absolute atomic E-state index is 0.0237. The van der Waals surface area contributed by atoms with Crippen LogP contribution in [0.2, 0.25) is 0 Å². The summed E-state index contributed by atoms with van der Waals surface area (Å²) in [5.41, 5.74) is 1.33. The highest BCUT2D eigenvalue weighted by Crippen LogP contribution is 2.34. The zero-order chi connectivity index (χ0) is 22.5. The number of thioether (sulfide) groups is 1. The lowest BCUT2D eigenvalue weighted by atomic mass is 10.1. The van der Waals surface area contributed by atoms with Gasteiger partial charge in [-0.2, -0.15) is 0 Å². The van der Waals surface area contributed by atoms with Crippen molar-refractivity contribution in [2.45, 2.75) is 23.5 Å². The molecule has 1 aliphatic heterocycles. The number of amides is 3. The number of anilines is 2. The number of hydrogen-bond acceptors (Lipinski definition) is 6. The molecule has 158 valence electrons. The van der Waals surface area contributed by atoms with E-state index in [1.807, 2.05) is 0 Å². The second-order valence-electron chi connectivity index (χ2n) is 6.67. The number of carbonyl (C=O) groups is 5. The van der Waals surface area contributed by atoms with Gasteiger partial charge in [0.15, 0.2) is 5.78 Å². The minimum atomic E-state index is -1.23. The van der Waals surface area contributed by atoms with Crippen LogP contribution in [-0.2, 0) is 19.2 Å². The number of hydrogen-bond donors (Lipinski definition) is 2. The second-order valence-corrected chi connectivity index (χ2v) is 7.95. The van der Waals surface area contributed by atoms with E-state index in [0.717, 1.165) is 17.1 Å². The predicted octanol–water partition coefficient (Wildman–Crippen LogP) is 2.89. The minimum Gasteiger partial charge on any atom is -0.478 e. The topological polar surface area (TPSA) is 121 Å². The van der Waals surface area contributed by atoms with E-state index in [-0.39, 0.29) is 24.0 Å². The van der Waals surface area contributed by atoms with Crippen molar-refractivity contribution >= 4 is 52.6 Å². The summed E-state index contributed by atoms with van der Waals surface area (Å²) in [6.45, 7) is 1.44. The van der Waals surface area contributed by atoms with E-state index in [2.05, 4.69) is 5.32 Å². The molecule has 1 fully saturated rings. The number of imide groups is 1. The van der Waals surface area contributed by atoms with Gasteiger partial charge < -0.3 is 10.4 Å². The lowest BCUT2D eigenvalue weighted by Gasteiger charge is -2.15. The van der Waals surface area contributed by atoms with Crippen LogP contribution in [0, 0.1) is 0 Å². The maximum atomic E-state index is 12.8. The normalized spacial score (nSPS) is 16.0. The summed E-state index contributed by atoms with van der Waals surface area (Å²) in [6.07, 6.45) is 1.65. The van der Waals surface area contributed by atoms with Crippen LogP contribution in [0.5, 0.6) is 0 Å². The molecule has 0 spiro atoms. The Hall–Kier alpha value is -3.72. The van der Waals surface area contributed by atoms with E-state index in [1.165, 1.54) is 18.7 Å². The number of carboxylic acids is 1. The number of rotatable bonds is 7. The molecule has 0 saturated carbocycles. The molecule has 9 heteroatoms. The van der Waals surface area contributed by atoms with Crippen molar-refractivity contribution in [3.05, 3.63) is 66.2 Å². The maximum Gasteiger partial charge on any atom is 0.328 e. The van der Waals surface area contributed by atoms with Gasteiger partial charge in [-0.05, 0) is 49.4 Å². The molecule has 3 amide bonds. The highest BCUT2D eigenvalue weighted by atomic mass is 32.2. The molecule has 1 aliphatic rings. The fourth-order valence-electron chi connectivity index (χ4n) is 2.95. The SMILES string of the molecule is CC(=O)c1ccc(N2C(=O)C[C@@H](Sc3cccc(NC(=O)/C=C/C(=O)O)c3)C2=O)cc1. The van der Waals surface area contributed by atoms with Crippen LogP contribution in [0.1, 0.15) is 23.7 Å². The smallest absolute Gasteiger partial charge is 0.328 e. The lowest BCUT2D eigenvalue weighted by molar-refractivity contribution is -0.131. The number of nitrogens with zero attached hydrogens (tertiary/aromatic N) is 1. The molecule has 1 atom stereocenters. The molecule has 2 aromatic carbocycles. The highest BCUT2D eigenvalue weighted by molar-refractivity contribution is 8.00. The van der Waals surface area contributed by atoms with Gasteiger partial charge >= 0.3 is 5.97 Å². The van der Waals surface area contributed by atoms with E-state index in [4.69, 9.17) is 5.11 Å². The Balaban J connectivity index is 1.70. The highest BCUT2D eigenvalue weighted by Gasteiger charge is 2.40. The summed E-state index contributed by atoms with van der Waals surface area (Å²) in [5.74, 6) is -2.63. The van der Waals surface area contributed by atoms with Crippen LogP contribution in [-0.4, -0.2) is 39.8 Å². The number of benzene rings is 2. The first kappa shape index (κ1) is 22.0. The molecule has 0 bridgehead atoms. The summed E-state index contributed by atoms with van der Waals surface area (Å²) in [4.78, 5) is 60.7. The van der Waals surface area contributed by atoms with Gasteiger partial charge in [-0.1, -0.05) is 6.07 Å². The Morgan fingerprint density at radius 1 is 1.10 bits per heavy atom. The van der Waals surface area contributed by atoms with Crippen LogP contribution >= 0.6 is 11.8 Å². The molecule has 0 radical (unpaired) electrons. The number of carboxylic acid groups (broad SMARTS) is 1. The van der Waals surface area contributed by atoms with E-state index in [9.17, 15) is 24.0 Å². The van der Waals surface area contributed by atoms with Crippen molar-refractivity contribution in [2.75, 3.05) is 10.2 Å². The Labute approximate surface area is 181 Å². The van der Waals surface area contributed by atoms with Crippen LogP contribution in [0.4, 0.5) is 11.4 Å². The molecule has 2 aromatic rings. The van der Waals surface area contributed by atoms with Gasteiger partial charge in [0.25, 0.3) is 0 Å². The van der Waals surface area contributed by atoms with Crippen molar-refractivity contribution in [2.24, 2.45) is 0 Å². The Morgan fingerprint density at radius 3 is 2.45 bits per heavy atom. The molecular weight excluding hydrogens is 420 g/mol. The Bertz CT molecular complexity index is 1090. The summed E-state index contributed by atoms with van der Waals surface area (Å²) in [5, 5.41) is 10.5. The quantitative estimate of drug-likeness (QED) is 0.387. The fourth-order valence-corrected chi connectivity index (χ4v) is 4.07. The lowest BCUT2D eigenvalue weighted by Crippen LogP contribution is -2.31. The number of ketones is 1. The van der Waals surface area contributed by atoms with E-state index in [0.29, 0.717) is 21.8 Å². The maximum absolute atomic E-state index is 12.8. The molecule has 3 rings (SSSR count). The van der Waals surface area contributed by atoms with Crippen molar-refractivity contribution in [3.8, 4) is 0 Å². The molecule has 1 saturated heterocycles. The molecule has 8 nitrogen and oxygen atoms in total. The van der Waals surface area contributed by atoms with Crippen LogP contribution in [0.3, 0.4) is 0 Å². The van der Waals surface area contributed by atoms with Gasteiger partial charge in [-0.15, -0.1) is 11.8 Å². The zero-order valence-electron chi connectivity index (χ0n) is 16.4. The summed E-state index contributed by atoms with van der Waals surface area (Å²) >= 11 is 1.20. The summed E-state index contributed by atoms with van der Waals surface area (Å²) < 4.78 is 0.